The fraction of sp³-hybridized carbons (Fsp3) is 0.316. The van der Waals surface area contributed by atoms with E-state index in [9.17, 15) is 4.79 Å². The van der Waals surface area contributed by atoms with Crippen molar-refractivity contribution in [3.63, 3.8) is 0 Å². The number of amides is 1. The van der Waals surface area contributed by atoms with Crippen LogP contribution in [0, 0.1) is 0 Å². The first-order valence-electron chi connectivity index (χ1n) is 7.86. The van der Waals surface area contributed by atoms with E-state index in [4.69, 9.17) is 10.5 Å². The fourth-order valence-electron chi connectivity index (χ4n) is 2.28. The van der Waals surface area contributed by atoms with Gasteiger partial charge in [-0.05, 0) is 24.5 Å². The highest BCUT2D eigenvalue weighted by Gasteiger charge is 2.16. The van der Waals surface area contributed by atoms with E-state index in [1.807, 2.05) is 67.6 Å². The average Bonchev–Trinajstić information content (AvgIpc) is 2.56. The van der Waals surface area contributed by atoms with Gasteiger partial charge in [-0.15, -0.1) is 0 Å². The molecule has 2 rings (SSSR count). The SMILES string of the molecule is CC(COCc1ccccc1)NC(=O)[C@@H](N)Cc1ccccc1. The number of hydrogen-bond acceptors (Lipinski definition) is 3. The number of benzene rings is 2. The summed E-state index contributed by atoms with van der Waals surface area (Å²) in [7, 11) is 0. The number of carbonyl (C=O) groups excluding carboxylic acids is 1. The third kappa shape index (κ3) is 6.22. The Hall–Kier alpha value is -2.17. The standard InChI is InChI=1S/C19H24N2O2/c1-15(13-23-14-17-10-6-3-7-11-17)21-19(22)18(20)12-16-8-4-2-5-9-16/h2-11,15,18H,12-14,20H2,1H3,(H,21,22)/t15?,18-/m0/s1. The van der Waals surface area contributed by atoms with Gasteiger partial charge in [-0.25, -0.2) is 0 Å². The van der Waals surface area contributed by atoms with Crippen LogP contribution in [0.3, 0.4) is 0 Å². The summed E-state index contributed by atoms with van der Waals surface area (Å²) in [5.41, 5.74) is 8.14. The Labute approximate surface area is 137 Å². The lowest BCUT2D eigenvalue weighted by atomic mass is 10.1. The van der Waals surface area contributed by atoms with E-state index in [-0.39, 0.29) is 11.9 Å². The zero-order valence-electron chi connectivity index (χ0n) is 13.4. The molecule has 0 aliphatic rings. The van der Waals surface area contributed by atoms with Crippen molar-refractivity contribution in [1.82, 2.24) is 5.32 Å². The summed E-state index contributed by atoms with van der Waals surface area (Å²) in [4.78, 5) is 12.1. The summed E-state index contributed by atoms with van der Waals surface area (Å²) in [5, 5.41) is 2.90. The molecule has 0 spiro atoms. The number of nitrogens with one attached hydrogen (secondary N) is 1. The van der Waals surface area contributed by atoms with Gasteiger partial charge in [0, 0.05) is 6.04 Å². The molecular weight excluding hydrogens is 288 g/mol. The lowest BCUT2D eigenvalue weighted by Crippen LogP contribution is -2.46. The minimum absolute atomic E-state index is 0.0759. The van der Waals surface area contributed by atoms with E-state index in [2.05, 4.69) is 5.32 Å². The van der Waals surface area contributed by atoms with Crippen LogP contribution in [0.15, 0.2) is 60.7 Å². The molecule has 4 nitrogen and oxygen atoms in total. The summed E-state index contributed by atoms with van der Waals surface area (Å²) in [6, 6.07) is 19.1. The van der Waals surface area contributed by atoms with Gasteiger partial charge in [0.1, 0.15) is 0 Å². The van der Waals surface area contributed by atoms with Crippen LogP contribution >= 0.6 is 0 Å². The van der Waals surface area contributed by atoms with Gasteiger partial charge >= 0.3 is 0 Å². The molecule has 0 radical (unpaired) electrons. The Balaban J connectivity index is 1.69. The lowest BCUT2D eigenvalue weighted by Gasteiger charge is -2.18. The van der Waals surface area contributed by atoms with Crippen molar-refractivity contribution in [2.75, 3.05) is 6.61 Å². The number of ether oxygens (including phenoxy) is 1. The largest absolute Gasteiger partial charge is 0.375 e. The summed E-state index contributed by atoms with van der Waals surface area (Å²) in [6.07, 6.45) is 0.532. The van der Waals surface area contributed by atoms with Gasteiger partial charge in [0.05, 0.1) is 19.3 Å². The molecule has 2 aromatic carbocycles. The topological polar surface area (TPSA) is 64.3 Å². The Bertz CT molecular complexity index is 587. The van der Waals surface area contributed by atoms with Crippen molar-refractivity contribution in [1.29, 1.82) is 0 Å². The minimum atomic E-state index is -0.547. The molecule has 3 N–H and O–H groups in total. The first-order chi connectivity index (χ1) is 11.1. The molecule has 0 bridgehead atoms. The Kier molecular flexibility index (Phi) is 6.78. The fourth-order valence-corrected chi connectivity index (χ4v) is 2.28. The van der Waals surface area contributed by atoms with Crippen molar-refractivity contribution in [3.05, 3.63) is 71.8 Å². The monoisotopic (exact) mass is 312 g/mol. The molecule has 2 aromatic rings. The molecule has 23 heavy (non-hydrogen) atoms. The maximum atomic E-state index is 12.1. The second-order valence-corrected chi connectivity index (χ2v) is 5.71. The predicted molar refractivity (Wildman–Crippen MR) is 91.8 cm³/mol. The molecule has 1 amide bonds. The second kappa shape index (κ2) is 9.08. The molecule has 0 aromatic heterocycles. The van der Waals surface area contributed by atoms with Gasteiger partial charge in [-0.3, -0.25) is 4.79 Å². The van der Waals surface area contributed by atoms with E-state index < -0.39 is 6.04 Å². The highest BCUT2D eigenvalue weighted by atomic mass is 16.5. The van der Waals surface area contributed by atoms with Gasteiger partial charge in [-0.2, -0.15) is 0 Å². The van der Waals surface area contributed by atoms with Crippen LogP contribution < -0.4 is 11.1 Å². The van der Waals surface area contributed by atoms with Crippen molar-refractivity contribution in [2.24, 2.45) is 5.73 Å². The smallest absolute Gasteiger partial charge is 0.237 e. The zero-order chi connectivity index (χ0) is 16.5. The molecule has 0 saturated carbocycles. The van der Waals surface area contributed by atoms with Gasteiger partial charge in [0.25, 0.3) is 0 Å². The maximum absolute atomic E-state index is 12.1. The molecule has 0 aliphatic heterocycles. The van der Waals surface area contributed by atoms with Crippen LogP contribution in [0.1, 0.15) is 18.1 Å². The van der Waals surface area contributed by atoms with Crippen LogP contribution in [0.25, 0.3) is 0 Å². The number of hydrogen-bond donors (Lipinski definition) is 2. The molecule has 2 atom stereocenters. The van der Waals surface area contributed by atoms with Crippen LogP contribution in [0.2, 0.25) is 0 Å². The van der Waals surface area contributed by atoms with Crippen molar-refractivity contribution >= 4 is 5.91 Å². The van der Waals surface area contributed by atoms with E-state index >= 15 is 0 Å². The highest BCUT2D eigenvalue weighted by Crippen LogP contribution is 2.03. The van der Waals surface area contributed by atoms with Crippen LogP contribution in [-0.4, -0.2) is 24.6 Å². The molecule has 0 aliphatic carbocycles. The number of nitrogens with two attached hydrogens (primary N) is 1. The number of rotatable bonds is 8. The normalized spacial score (nSPS) is 13.3. The Morgan fingerprint density at radius 3 is 2.22 bits per heavy atom. The summed E-state index contributed by atoms with van der Waals surface area (Å²) < 4.78 is 5.62. The molecule has 1 unspecified atom stereocenters. The third-order valence-corrected chi connectivity index (χ3v) is 3.50. The first-order valence-corrected chi connectivity index (χ1v) is 7.86. The predicted octanol–water partition coefficient (Wildman–Crippen LogP) is 2.28. The summed E-state index contributed by atoms with van der Waals surface area (Å²) >= 11 is 0. The van der Waals surface area contributed by atoms with Crippen LogP contribution in [-0.2, 0) is 22.6 Å². The number of carbonyl (C=O) groups is 1. The summed E-state index contributed by atoms with van der Waals surface area (Å²) in [6.45, 7) is 2.91. The van der Waals surface area contributed by atoms with Gasteiger partial charge < -0.3 is 15.8 Å². The Morgan fingerprint density at radius 2 is 1.61 bits per heavy atom. The molecule has 0 saturated heterocycles. The van der Waals surface area contributed by atoms with E-state index in [0.717, 1.165) is 11.1 Å². The average molecular weight is 312 g/mol. The highest BCUT2D eigenvalue weighted by molar-refractivity contribution is 5.82. The molecular formula is C19H24N2O2. The molecule has 4 heteroatoms. The van der Waals surface area contributed by atoms with E-state index in [1.165, 1.54) is 0 Å². The Morgan fingerprint density at radius 1 is 1.04 bits per heavy atom. The molecule has 0 heterocycles. The van der Waals surface area contributed by atoms with Crippen molar-refractivity contribution in [3.8, 4) is 0 Å². The summed E-state index contributed by atoms with van der Waals surface area (Å²) in [5.74, 6) is -0.148. The van der Waals surface area contributed by atoms with Crippen LogP contribution in [0.4, 0.5) is 0 Å². The van der Waals surface area contributed by atoms with Gasteiger partial charge in [-0.1, -0.05) is 60.7 Å². The quantitative estimate of drug-likeness (QED) is 0.786. The van der Waals surface area contributed by atoms with Gasteiger partial charge in [0.15, 0.2) is 0 Å². The van der Waals surface area contributed by atoms with E-state index in [0.29, 0.717) is 19.6 Å². The molecule has 122 valence electrons. The van der Waals surface area contributed by atoms with Crippen molar-refractivity contribution in [2.45, 2.75) is 32.0 Å². The van der Waals surface area contributed by atoms with Gasteiger partial charge in [0.2, 0.25) is 5.91 Å². The maximum Gasteiger partial charge on any atom is 0.237 e. The minimum Gasteiger partial charge on any atom is -0.375 e. The van der Waals surface area contributed by atoms with Crippen molar-refractivity contribution < 1.29 is 9.53 Å². The molecule has 0 fully saturated rings. The lowest BCUT2D eigenvalue weighted by molar-refractivity contribution is -0.123. The zero-order valence-corrected chi connectivity index (χ0v) is 13.4. The first kappa shape index (κ1) is 17.2. The second-order valence-electron chi connectivity index (χ2n) is 5.71. The third-order valence-electron chi connectivity index (χ3n) is 3.50. The van der Waals surface area contributed by atoms with E-state index in [1.54, 1.807) is 0 Å². The van der Waals surface area contributed by atoms with Crippen LogP contribution in [0.5, 0.6) is 0 Å².